The Kier molecular flexibility index (Phi) is 13.9. The van der Waals surface area contributed by atoms with Gasteiger partial charge in [-0.3, -0.25) is 4.79 Å². The number of aromatic hydroxyl groups is 2. The third-order valence-electron chi connectivity index (χ3n) is 7.14. The number of hydrogen-bond acceptors (Lipinski definition) is 9. The third kappa shape index (κ3) is 10.2. The van der Waals surface area contributed by atoms with E-state index >= 15 is 0 Å². The number of aliphatic hydroxyl groups is 1. The van der Waals surface area contributed by atoms with Crippen LogP contribution < -0.4 is 21.7 Å². The highest BCUT2D eigenvalue weighted by Crippen LogP contribution is 2.42. The van der Waals surface area contributed by atoms with Crippen LogP contribution in [0.5, 0.6) is 11.5 Å². The summed E-state index contributed by atoms with van der Waals surface area (Å²) in [5.41, 5.74) is 6.49. The molecule has 0 saturated heterocycles. The van der Waals surface area contributed by atoms with Crippen molar-refractivity contribution < 1.29 is 43.9 Å². The van der Waals surface area contributed by atoms with E-state index in [0.717, 1.165) is 6.07 Å². The topological polar surface area (TPSA) is 202 Å². The molecule has 0 fully saturated rings. The van der Waals surface area contributed by atoms with Crippen molar-refractivity contribution in [2.45, 2.75) is 58.5 Å². The number of nitrogens with two attached hydrogens (primary N) is 1. The third-order valence-corrected chi connectivity index (χ3v) is 7.14. The number of carbonyl (C=O) groups is 3. The Labute approximate surface area is 263 Å². The van der Waals surface area contributed by atoms with Crippen LogP contribution in [0.15, 0.2) is 59.7 Å². The second-order valence-corrected chi connectivity index (χ2v) is 10.7. The number of allylic oxidation sites excluding steroid dienone is 2. The molecule has 4 amide bonds. The summed E-state index contributed by atoms with van der Waals surface area (Å²) in [7, 11) is 2.86. The second-order valence-electron chi connectivity index (χ2n) is 10.7. The van der Waals surface area contributed by atoms with E-state index < -0.39 is 59.9 Å². The average molecular weight is 629 g/mol. The van der Waals surface area contributed by atoms with Crippen molar-refractivity contribution in [2.24, 2.45) is 11.7 Å². The number of methoxy groups -OCH3 is 2. The minimum atomic E-state index is -1.04. The Bertz CT molecular complexity index is 1380. The molecule has 246 valence electrons. The highest BCUT2D eigenvalue weighted by molar-refractivity contribution is 6.06. The summed E-state index contributed by atoms with van der Waals surface area (Å²) < 4.78 is 16.5. The molecule has 45 heavy (non-hydrogen) atoms. The maximum absolute atomic E-state index is 13.1. The van der Waals surface area contributed by atoms with Gasteiger partial charge in [0, 0.05) is 43.9 Å². The van der Waals surface area contributed by atoms with E-state index in [1.54, 1.807) is 32.9 Å². The first-order valence-corrected chi connectivity index (χ1v) is 14.2. The van der Waals surface area contributed by atoms with Crippen LogP contribution in [0.4, 0.5) is 21.0 Å². The smallest absolute Gasteiger partial charge is 0.405 e. The molecular formula is C32H44N4O9. The number of ether oxygens (including phenoxy) is 3. The van der Waals surface area contributed by atoms with Gasteiger partial charge in [-0.25, -0.2) is 9.59 Å². The van der Waals surface area contributed by atoms with Crippen LogP contribution in [0.3, 0.4) is 0 Å². The minimum absolute atomic E-state index is 0.0125. The molecule has 0 aliphatic carbocycles. The lowest BCUT2D eigenvalue weighted by molar-refractivity contribution is -0.112. The first-order valence-electron chi connectivity index (χ1n) is 14.2. The number of phenolic OH excluding ortho intramolecular Hbond substituents is 2. The zero-order valence-electron chi connectivity index (χ0n) is 26.4. The molecule has 8 N–H and O–H groups in total. The number of carbonyl (C=O) groups excluding carboxylic acids is 3. The summed E-state index contributed by atoms with van der Waals surface area (Å²) in [4.78, 5) is 37.3. The molecule has 0 aromatic heterocycles. The van der Waals surface area contributed by atoms with Crippen molar-refractivity contribution in [1.82, 2.24) is 5.32 Å². The average Bonchev–Trinajstić information content (AvgIpc) is 2.98. The fourth-order valence-electron chi connectivity index (χ4n) is 4.73. The molecule has 2 rings (SSSR count). The van der Waals surface area contributed by atoms with Gasteiger partial charge in [-0.1, -0.05) is 42.9 Å². The van der Waals surface area contributed by atoms with Gasteiger partial charge in [-0.15, -0.1) is 6.58 Å². The molecule has 2 bridgehead atoms. The van der Waals surface area contributed by atoms with E-state index in [4.69, 9.17) is 19.9 Å². The number of anilines is 2. The van der Waals surface area contributed by atoms with Gasteiger partial charge >= 0.3 is 12.1 Å². The van der Waals surface area contributed by atoms with Gasteiger partial charge in [0.25, 0.3) is 5.91 Å². The van der Waals surface area contributed by atoms with Crippen LogP contribution in [-0.2, 0) is 19.0 Å². The summed E-state index contributed by atoms with van der Waals surface area (Å²) in [6.07, 6.45) is 4.91. The molecule has 1 aromatic carbocycles. The standard InChI is InChI=1S/C32H44N4O9/c1-8-12-34-32(42)36-26-21-13-17(2)14-25(44-7)27(38)19(4)15-20(5)29(45-31(33)41)24(43-6)11-9-10-18(3)30(40)35-22(28(21)39)16-23(26)37/h8-11,13,15-16,19,24-25,27,29,37-39H,1,12,14H2,2-7H3,(H2,33,41)(H,35,40)(H2,34,36,42)/t19-,24-,25-,27+,29-/m0/s1. The summed E-state index contributed by atoms with van der Waals surface area (Å²) in [5.74, 6) is -1.95. The lowest BCUT2D eigenvalue weighted by Crippen LogP contribution is -2.36. The van der Waals surface area contributed by atoms with E-state index in [1.807, 2.05) is 0 Å². The largest absolute Gasteiger partial charge is 0.506 e. The molecular weight excluding hydrogens is 584 g/mol. The van der Waals surface area contributed by atoms with Crippen LogP contribution in [-0.4, -0.2) is 78.5 Å². The molecule has 1 heterocycles. The van der Waals surface area contributed by atoms with Gasteiger partial charge in [0.2, 0.25) is 0 Å². The molecule has 0 saturated carbocycles. The first-order chi connectivity index (χ1) is 21.2. The molecule has 13 heteroatoms. The summed E-state index contributed by atoms with van der Waals surface area (Å²) in [5, 5.41) is 41.0. The lowest BCUT2D eigenvalue weighted by atomic mass is 9.91. The SMILES string of the molecule is C=CCNC(=O)Nc1c(O)cc2c(O)c1C=C(C)C[C@H](OC)[C@H](O)[C@@H](C)C=C(C)[C@H](OC(N)=O)[C@@H](OC)C=CC=C(C)C(=O)N2. The highest BCUT2D eigenvalue weighted by atomic mass is 16.6. The van der Waals surface area contributed by atoms with E-state index in [-0.39, 0.29) is 35.5 Å². The number of amides is 4. The monoisotopic (exact) mass is 628 g/mol. The normalized spacial score (nSPS) is 23.1. The fraction of sp³-hybridized carbons (Fsp3) is 0.406. The molecule has 0 radical (unpaired) electrons. The number of phenols is 2. The molecule has 1 aromatic rings. The van der Waals surface area contributed by atoms with Crippen LogP contribution in [0.25, 0.3) is 6.08 Å². The number of nitrogens with one attached hydrogen (secondary N) is 3. The van der Waals surface area contributed by atoms with Crippen molar-refractivity contribution >= 4 is 35.5 Å². The van der Waals surface area contributed by atoms with Crippen molar-refractivity contribution in [2.75, 3.05) is 31.4 Å². The van der Waals surface area contributed by atoms with Gasteiger partial charge in [0.15, 0.2) is 6.10 Å². The molecule has 0 unspecified atom stereocenters. The van der Waals surface area contributed by atoms with Crippen molar-refractivity contribution in [3.63, 3.8) is 0 Å². The summed E-state index contributed by atoms with van der Waals surface area (Å²) >= 11 is 0. The molecule has 13 nitrogen and oxygen atoms in total. The van der Waals surface area contributed by atoms with E-state index in [9.17, 15) is 29.7 Å². The van der Waals surface area contributed by atoms with Gasteiger partial charge in [-0.05, 0) is 38.8 Å². The van der Waals surface area contributed by atoms with Crippen LogP contribution in [0, 0.1) is 5.92 Å². The second kappa shape index (κ2) is 17.0. The number of urea groups is 1. The Morgan fingerprint density at radius 3 is 2.49 bits per heavy atom. The maximum Gasteiger partial charge on any atom is 0.405 e. The zero-order chi connectivity index (χ0) is 33.8. The first kappa shape index (κ1) is 36.6. The van der Waals surface area contributed by atoms with Crippen molar-refractivity contribution in [3.05, 3.63) is 65.3 Å². The molecule has 1 aliphatic rings. The van der Waals surface area contributed by atoms with Crippen molar-refractivity contribution in [3.8, 4) is 11.5 Å². The maximum atomic E-state index is 13.1. The number of primary amides is 1. The van der Waals surface area contributed by atoms with Gasteiger partial charge in [-0.2, -0.15) is 0 Å². The number of fused-ring (bicyclic) bond motifs is 2. The van der Waals surface area contributed by atoms with Crippen molar-refractivity contribution in [1.29, 1.82) is 0 Å². The fourth-order valence-corrected chi connectivity index (χ4v) is 4.73. The Balaban J connectivity index is 2.75. The molecule has 0 spiro atoms. The van der Waals surface area contributed by atoms with Gasteiger partial charge < -0.3 is 51.2 Å². The van der Waals surface area contributed by atoms with Crippen LogP contribution in [0.1, 0.15) is 39.7 Å². The van der Waals surface area contributed by atoms with Gasteiger partial charge in [0.05, 0.1) is 23.6 Å². The predicted octanol–water partition coefficient (Wildman–Crippen LogP) is 4.09. The van der Waals surface area contributed by atoms with Crippen LogP contribution >= 0.6 is 0 Å². The van der Waals surface area contributed by atoms with E-state index in [0.29, 0.717) is 11.1 Å². The Hall–Kier alpha value is -4.59. The highest BCUT2D eigenvalue weighted by Gasteiger charge is 2.29. The number of aliphatic hydroxyl groups excluding tert-OH is 1. The quantitative estimate of drug-likeness (QED) is 0.138. The lowest BCUT2D eigenvalue weighted by Gasteiger charge is -2.28. The predicted molar refractivity (Wildman–Crippen MR) is 172 cm³/mol. The minimum Gasteiger partial charge on any atom is -0.506 e. The Morgan fingerprint density at radius 1 is 1.20 bits per heavy atom. The number of rotatable bonds is 6. The zero-order valence-corrected chi connectivity index (χ0v) is 26.4. The molecule has 1 aliphatic heterocycles. The van der Waals surface area contributed by atoms with E-state index in [2.05, 4.69) is 22.5 Å². The number of benzene rings is 1. The summed E-state index contributed by atoms with van der Waals surface area (Å²) in [6, 6.07) is 0.443. The molecule has 5 atom stereocenters. The summed E-state index contributed by atoms with van der Waals surface area (Å²) in [6.45, 7) is 10.4. The Morgan fingerprint density at radius 2 is 1.89 bits per heavy atom. The van der Waals surface area contributed by atoms with Gasteiger partial charge in [0.1, 0.15) is 17.6 Å². The number of hydrogen-bond donors (Lipinski definition) is 7. The van der Waals surface area contributed by atoms with E-state index in [1.165, 1.54) is 45.4 Å². The van der Waals surface area contributed by atoms with Crippen LogP contribution in [0.2, 0.25) is 0 Å².